The van der Waals surface area contributed by atoms with Crippen molar-refractivity contribution in [3.63, 3.8) is 0 Å². The van der Waals surface area contributed by atoms with Crippen LogP contribution in [0.4, 0.5) is 0 Å². The van der Waals surface area contributed by atoms with Crippen molar-refractivity contribution in [2.45, 2.75) is 24.6 Å². The molecule has 4 nitrogen and oxygen atoms in total. The molecule has 0 aliphatic carbocycles. The van der Waals surface area contributed by atoms with Crippen molar-refractivity contribution in [3.05, 3.63) is 35.4 Å². The van der Waals surface area contributed by atoms with Gasteiger partial charge in [-0.25, -0.2) is 4.79 Å². The lowest BCUT2D eigenvalue weighted by Gasteiger charge is -2.26. The topological polar surface area (TPSA) is 66.4 Å². The van der Waals surface area contributed by atoms with Crippen LogP contribution in [0.2, 0.25) is 0 Å². The van der Waals surface area contributed by atoms with Crippen molar-refractivity contribution in [1.82, 2.24) is 5.32 Å². The Labute approximate surface area is 110 Å². The highest BCUT2D eigenvalue weighted by molar-refractivity contribution is 8.00. The van der Waals surface area contributed by atoms with E-state index < -0.39 is 12.0 Å². The first-order valence-electron chi connectivity index (χ1n) is 5.77. The summed E-state index contributed by atoms with van der Waals surface area (Å²) >= 11 is 1.42. The van der Waals surface area contributed by atoms with Gasteiger partial charge in [-0.15, -0.1) is 11.8 Å². The summed E-state index contributed by atoms with van der Waals surface area (Å²) in [6.45, 7) is 2.01. The van der Waals surface area contributed by atoms with Crippen molar-refractivity contribution < 1.29 is 14.7 Å². The summed E-state index contributed by atoms with van der Waals surface area (Å²) in [4.78, 5) is 22.6. The monoisotopic (exact) mass is 265 g/mol. The van der Waals surface area contributed by atoms with E-state index in [0.29, 0.717) is 12.2 Å². The molecule has 2 rings (SSSR count). The Morgan fingerprint density at radius 1 is 1.50 bits per heavy atom. The minimum Gasteiger partial charge on any atom is -0.480 e. The van der Waals surface area contributed by atoms with Gasteiger partial charge in [0.1, 0.15) is 6.04 Å². The molecule has 1 saturated heterocycles. The van der Waals surface area contributed by atoms with E-state index in [4.69, 9.17) is 5.11 Å². The summed E-state index contributed by atoms with van der Waals surface area (Å²) in [5, 5.41) is 11.2. The number of carbonyl (C=O) groups is 2. The highest BCUT2D eigenvalue weighted by atomic mass is 32.2. The van der Waals surface area contributed by atoms with E-state index in [1.807, 2.05) is 31.2 Å². The summed E-state index contributed by atoms with van der Waals surface area (Å²) in [5.74, 6) is -0.718. The minimum atomic E-state index is -0.967. The molecular weight excluding hydrogens is 250 g/mol. The van der Waals surface area contributed by atoms with E-state index in [9.17, 15) is 9.59 Å². The molecule has 0 saturated carbocycles. The second kappa shape index (κ2) is 5.44. The zero-order valence-corrected chi connectivity index (χ0v) is 10.9. The number of nitrogens with one attached hydrogen (secondary N) is 1. The second-order valence-corrected chi connectivity index (χ2v) is 5.59. The largest absolute Gasteiger partial charge is 0.480 e. The van der Waals surface area contributed by atoms with E-state index in [1.54, 1.807) is 0 Å². The highest BCUT2D eigenvalue weighted by Gasteiger charge is 2.32. The van der Waals surface area contributed by atoms with Crippen molar-refractivity contribution >= 4 is 23.6 Å². The van der Waals surface area contributed by atoms with Crippen LogP contribution in [-0.2, 0) is 16.0 Å². The van der Waals surface area contributed by atoms with Gasteiger partial charge in [-0.3, -0.25) is 4.79 Å². The van der Waals surface area contributed by atoms with Gasteiger partial charge in [0.25, 0.3) is 0 Å². The van der Waals surface area contributed by atoms with Gasteiger partial charge >= 0.3 is 5.97 Å². The molecule has 0 spiro atoms. The lowest BCUT2D eigenvalue weighted by molar-refractivity contribution is -0.141. The Kier molecular flexibility index (Phi) is 3.91. The van der Waals surface area contributed by atoms with Crippen LogP contribution in [0.3, 0.4) is 0 Å². The maximum Gasteiger partial charge on any atom is 0.327 e. The third-order valence-electron chi connectivity index (χ3n) is 3.04. The number of hydrogen-bond acceptors (Lipinski definition) is 3. The molecule has 5 heteroatoms. The number of aryl methyl sites for hydroxylation is 1. The number of thioether (sulfide) groups is 1. The Hall–Kier alpha value is -1.49. The standard InChI is InChI=1S/C13H15NO3S/c1-8-4-2-3-5-9(8)6-11-12(15)14-10(7-18-11)13(16)17/h2-5,10-11H,6-7H2,1H3,(H,14,15)(H,16,17)/t10-,11-/m1/s1. The Bertz CT molecular complexity index is 475. The van der Waals surface area contributed by atoms with Crippen molar-refractivity contribution in [3.8, 4) is 0 Å². The molecular formula is C13H15NO3S. The fourth-order valence-corrected chi connectivity index (χ4v) is 3.09. The number of hydrogen-bond donors (Lipinski definition) is 2. The average molecular weight is 265 g/mol. The van der Waals surface area contributed by atoms with Gasteiger partial charge in [0.15, 0.2) is 0 Å². The van der Waals surface area contributed by atoms with Crippen LogP contribution >= 0.6 is 11.8 Å². The molecule has 1 aliphatic heterocycles. The molecule has 2 atom stereocenters. The zero-order chi connectivity index (χ0) is 13.1. The molecule has 1 fully saturated rings. The predicted molar refractivity (Wildman–Crippen MR) is 70.7 cm³/mol. The van der Waals surface area contributed by atoms with Crippen molar-refractivity contribution in [2.24, 2.45) is 0 Å². The van der Waals surface area contributed by atoms with Crippen LogP contribution in [0, 0.1) is 6.92 Å². The fourth-order valence-electron chi connectivity index (χ4n) is 1.92. The molecule has 1 heterocycles. The zero-order valence-electron chi connectivity index (χ0n) is 10.1. The number of aliphatic carboxylic acids is 1. The number of amides is 1. The lowest BCUT2D eigenvalue weighted by Crippen LogP contribution is -2.51. The van der Waals surface area contributed by atoms with E-state index in [1.165, 1.54) is 11.8 Å². The molecule has 0 unspecified atom stereocenters. The first-order chi connectivity index (χ1) is 8.58. The quantitative estimate of drug-likeness (QED) is 0.862. The third kappa shape index (κ3) is 2.85. The molecule has 96 valence electrons. The Morgan fingerprint density at radius 2 is 2.22 bits per heavy atom. The van der Waals surface area contributed by atoms with Crippen LogP contribution in [0.5, 0.6) is 0 Å². The van der Waals surface area contributed by atoms with Crippen LogP contribution in [-0.4, -0.2) is 34.0 Å². The number of carbonyl (C=O) groups excluding carboxylic acids is 1. The Balaban J connectivity index is 2.02. The van der Waals surface area contributed by atoms with E-state index in [2.05, 4.69) is 5.32 Å². The molecule has 18 heavy (non-hydrogen) atoms. The van der Waals surface area contributed by atoms with Crippen LogP contribution in [0.25, 0.3) is 0 Å². The van der Waals surface area contributed by atoms with Gasteiger partial charge in [-0.1, -0.05) is 24.3 Å². The molecule has 1 aliphatic rings. The van der Waals surface area contributed by atoms with Crippen LogP contribution in [0.15, 0.2) is 24.3 Å². The molecule has 2 N–H and O–H groups in total. The normalized spacial score (nSPS) is 23.5. The number of carboxylic acid groups (broad SMARTS) is 1. The molecule has 0 radical (unpaired) electrons. The molecule has 0 bridgehead atoms. The average Bonchev–Trinajstić information content (AvgIpc) is 2.34. The minimum absolute atomic E-state index is 0.179. The number of rotatable bonds is 3. The SMILES string of the molecule is Cc1ccccc1C[C@H]1SC[C@H](C(=O)O)NC1=O. The predicted octanol–water partition coefficient (Wildman–Crippen LogP) is 1.22. The number of benzene rings is 1. The molecule has 1 amide bonds. The van der Waals surface area contributed by atoms with Crippen LogP contribution < -0.4 is 5.32 Å². The summed E-state index contributed by atoms with van der Waals surface area (Å²) in [7, 11) is 0. The van der Waals surface area contributed by atoms with E-state index in [-0.39, 0.29) is 11.2 Å². The van der Waals surface area contributed by atoms with Gasteiger partial charge in [0.05, 0.1) is 5.25 Å². The highest BCUT2D eigenvalue weighted by Crippen LogP contribution is 2.23. The van der Waals surface area contributed by atoms with Gasteiger partial charge in [-0.05, 0) is 24.5 Å². The third-order valence-corrected chi connectivity index (χ3v) is 4.35. The lowest BCUT2D eigenvalue weighted by atomic mass is 10.0. The van der Waals surface area contributed by atoms with Gasteiger partial charge in [0, 0.05) is 5.75 Å². The Morgan fingerprint density at radius 3 is 2.83 bits per heavy atom. The van der Waals surface area contributed by atoms with Gasteiger partial charge in [0.2, 0.25) is 5.91 Å². The number of carboxylic acids is 1. The maximum atomic E-state index is 11.8. The summed E-state index contributed by atoms with van der Waals surface area (Å²) < 4.78 is 0. The van der Waals surface area contributed by atoms with Gasteiger partial charge < -0.3 is 10.4 Å². The molecule has 0 aromatic heterocycles. The van der Waals surface area contributed by atoms with Crippen molar-refractivity contribution in [1.29, 1.82) is 0 Å². The fraction of sp³-hybridized carbons (Fsp3) is 0.385. The summed E-state index contributed by atoms with van der Waals surface area (Å²) in [6.07, 6.45) is 0.648. The van der Waals surface area contributed by atoms with Crippen molar-refractivity contribution in [2.75, 3.05) is 5.75 Å². The van der Waals surface area contributed by atoms with Crippen LogP contribution in [0.1, 0.15) is 11.1 Å². The summed E-state index contributed by atoms with van der Waals surface area (Å²) in [6, 6.07) is 7.18. The molecule has 1 aromatic rings. The first-order valence-corrected chi connectivity index (χ1v) is 6.82. The van der Waals surface area contributed by atoms with E-state index in [0.717, 1.165) is 11.1 Å². The molecule has 1 aromatic carbocycles. The summed E-state index contributed by atoms with van der Waals surface area (Å²) in [5.41, 5.74) is 2.30. The van der Waals surface area contributed by atoms with E-state index >= 15 is 0 Å². The second-order valence-electron chi connectivity index (χ2n) is 4.35. The maximum absolute atomic E-state index is 11.8. The first kappa shape index (κ1) is 13.0. The smallest absolute Gasteiger partial charge is 0.327 e. The van der Waals surface area contributed by atoms with Gasteiger partial charge in [-0.2, -0.15) is 0 Å².